The van der Waals surface area contributed by atoms with Crippen LogP contribution < -0.4 is 4.90 Å². The topological polar surface area (TPSA) is 70.1 Å². The third kappa shape index (κ3) is 4.28. The van der Waals surface area contributed by atoms with Crippen LogP contribution in [0.1, 0.15) is 28.8 Å². The van der Waals surface area contributed by atoms with Crippen molar-refractivity contribution in [2.45, 2.75) is 25.5 Å². The number of carboxylic acid groups (broad SMARTS) is 1. The van der Waals surface area contributed by atoms with Crippen molar-refractivity contribution < 1.29 is 28.2 Å². The number of ether oxygens (including phenoxy) is 1. The Labute approximate surface area is 172 Å². The molecule has 0 radical (unpaired) electrons. The number of rotatable bonds is 5. The molecule has 3 aliphatic rings. The van der Waals surface area contributed by atoms with Gasteiger partial charge in [0.1, 0.15) is 17.7 Å². The van der Waals surface area contributed by atoms with Crippen LogP contribution in [0, 0.1) is 17.6 Å². The number of hydrogen-bond donors (Lipinski definition) is 1. The van der Waals surface area contributed by atoms with Gasteiger partial charge in [-0.25, -0.2) is 18.4 Å². The van der Waals surface area contributed by atoms with E-state index >= 15 is 0 Å². The Kier molecular flexibility index (Phi) is 5.67. The molecule has 0 unspecified atom stereocenters. The summed E-state index contributed by atoms with van der Waals surface area (Å²) in [7, 11) is 0. The fraction of sp³-hybridized carbons (Fsp3) is 0.364. The van der Waals surface area contributed by atoms with Crippen molar-refractivity contribution in [1.82, 2.24) is 4.90 Å². The molecule has 2 bridgehead atoms. The first kappa shape index (κ1) is 20.3. The lowest BCUT2D eigenvalue weighted by molar-refractivity contribution is -0.0311. The monoisotopic (exact) mass is 416 g/mol. The summed E-state index contributed by atoms with van der Waals surface area (Å²) < 4.78 is 33.7. The first-order valence-corrected chi connectivity index (χ1v) is 9.88. The van der Waals surface area contributed by atoms with Crippen molar-refractivity contribution in [3.8, 4) is 0 Å². The highest BCUT2D eigenvalue weighted by atomic mass is 19.1. The van der Waals surface area contributed by atoms with Crippen LogP contribution in [-0.4, -0.2) is 47.8 Å². The average Bonchev–Trinajstić information content (AvgIpc) is 2.73. The Morgan fingerprint density at radius 2 is 1.90 bits per heavy atom. The molecule has 3 aliphatic heterocycles. The number of benzene rings is 2. The van der Waals surface area contributed by atoms with Gasteiger partial charge in [0, 0.05) is 12.6 Å². The summed E-state index contributed by atoms with van der Waals surface area (Å²) in [6.45, 7) is 2.50. The van der Waals surface area contributed by atoms with E-state index in [1.165, 1.54) is 18.2 Å². The van der Waals surface area contributed by atoms with E-state index in [4.69, 9.17) is 4.74 Å². The largest absolute Gasteiger partial charge is 0.478 e. The number of halogens is 2. The number of carboxylic acids is 1. The molecule has 1 amide bonds. The predicted octanol–water partition coefficient (Wildman–Crippen LogP) is 3.90. The number of hydrogen-bond acceptors (Lipinski definition) is 4. The molecule has 0 aliphatic carbocycles. The molecule has 0 saturated carbocycles. The Morgan fingerprint density at radius 3 is 2.53 bits per heavy atom. The number of carbonyl (C=O) groups is 2. The maximum absolute atomic E-state index is 14.5. The molecule has 8 heteroatoms. The molecule has 5 rings (SSSR count). The molecule has 3 saturated heterocycles. The number of nitrogens with zero attached hydrogens (tertiary/aromatic N) is 2. The SMILES string of the molecule is O=C(O)c1cccc(CN(C(=O)O[C@H]2CN3CCC2CC3)c2ccc(F)cc2F)c1. The van der Waals surface area contributed by atoms with E-state index in [1.807, 2.05) is 0 Å². The van der Waals surface area contributed by atoms with E-state index in [0.717, 1.165) is 36.9 Å². The van der Waals surface area contributed by atoms with Crippen molar-refractivity contribution in [3.05, 3.63) is 65.2 Å². The number of piperidine rings is 3. The molecule has 2 aromatic carbocycles. The number of fused-ring (bicyclic) bond motifs is 3. The standard InChI is InChI=1S/C22H22F2N2O4/c23-17-4-5-19(18(24)11-17)26(12-14-2-1-3-16(10-14)21(27)28)22(29)30-20-13-25-8-6-15(20)7-9-25/h1-5,10-11,15,20H,6-9,12-13H2,(H,27,28)/t20-/m0/s1. The molecule has 6 nitrogen and oxygen atoms in total. The smallest absolute Gasteiger partial charge is 0.415 e. The van der Waals surface area contributed by atoms with Crippen LogP contribution >= 0.6 is 0 Å². The third-order valence-electron chi connectivity index (χ3n) is 5.78. The molecule has 1 N–H and O–H groups in total. The van der Waals surface area contributed by atoms with E-state index in [0.29, 0.717) is 18.2 Å². The van der Waals surface area contributed by atoms with Gasteiger partial charge in [-0.1, -0.05) is 12.1 Å². The fourth-order valence-electron chi connectivity index (χ4n) is 4.17. The van der Waals surface area contributed by atoms with Gasteiger partial charge in [0.15, 0.2) is 0 Å². The summed E-state index contributed by atoms with van der Waals surface area (Å²) in [6.07, 6.45) is 0.879. The minimum Gasteiger partial charge on any atom is -0.478 e. The van der Waals surface area contributed by atoms with Gasteiger partial charge < -0.3 is 9.84 Å². The van der Waals surface area contributed by atoms with Gasteiger partial charge in [0.05, 0.1) is 17.8 Å². The molecular weight excluding hydrogens is 394 g/mol. The zero-order valence-corrected chi connectivity index (χ0v) is 16.3. The van der Waals surface area contributed by atoms with Gasteiger partial charge in [-0.2, -0.15) is 0 Å². The minimum absolute atomic E-state index is 0.0535. The Bertz CT molecular complexity index is 960. The van der Waals surface area contributed by atoms with Crippen LogP contribution in [0.4, 0.5) is 19.3 Å². The molecule has 3 fully saturated rings. The summed E-state index contributed by atoms with van der Waals surface area (Å²) in [5, 5.41) is 9.21. The molecule has 158 valence electrons. The number of anilines is 1. The lowest BCUT2D eigenvalue weighted by atomic mass is 9.86. The van der Waals surface area contributed by atoms with Crippen LogP contribution in [0.3, 0.4) is 0 Å². The van der Waals surface area contributed by atoms with E-state index in [2.05, 4.69) is 4.90 Å². The van der Waals surface area contributed by atoms with Crippen LogP contribution in [0.15, 0.2) is 42.5 Å². The van der Waals surface area contributed by atoms with Gasteiger partial charge in [-0.05, 0) is 61.7 Å². The molecular formula is C22H22F2N2O4. The molecule has 0 spiro atoms. The van der Waals surface area contributed by atoms with Crippen LogP contribution in [-0.2, 0) is 11.3 Å². The zero-order valence-electron chi connectivity index (χ0n) is 16.3. The lowest BCUT2D eigenvalue weighted by Gasteiger charge is -2.44. The summed E-state index contributed by atoms with van der Waals surface area (Å²) in [5.74, 6) is -2.48. The lowest BCUT2D eigenvalue weighted by Crippen LogP contribution is -2.53. The van der Waals surface area contributed by atoms with Gasteiger partial charge in [-0.3, -0.25) is 9.80 Å². The van der Waals surface area contributed by atoms with Gasteiger partial charge >= 0.3 is 12.1 Å². The zero-order chi connectivity index (χ0) is 21.3. The van der Waals surface area contributed by atoms with Gasteiger partial charge in [0.2, 0.25) is 0 Å². The van der Waals surface area contributed by atoms with Crippen molar-refractivity contribution in [2.75, 3.05) is 24.5 Å². The van der Waals surface area contributed by atoms with E-state index in [-0.39, 0.29) is 29.8 Å². The quantitative estimate of drug-likeness (QED) is 0.801. The first-order valence-electron chi connectivity index (χ1n) is 9.88. The van der Waals surface area contributed by atoms with Crippen LogP contribution in [0.25, 0.3) is 0 Å². The summed E-state index contributed by atoms with van der Waals surface area (Å²) in [6, 6.07) is 9.00. The summed E-state index contributed by atoms with van der Waals surface area (Å²) >= 11 is 0. The van der Waals surface area contributed by atoms with Crippen molar-refractivity contribution in [3.63, 3.8) is 0 Å². The van der Waals surface area contributed by atoms with Gasteiger partial charge in [0.25, 0.3) is 0 Å². The van der Waals surface area contributed by atoms with Crippen LogP contribution in [0.2, 0.25) is 0 Å². The molecule has 2 aromatic rings. The molecule has 1 atom stereocenters. The number of aromatic carboxylic acids is 1. The summed E-state index contributed by atoms with van der Waals surface area (Å²) in [5.41, 5.74) is 0.422. The second-order valence-corrected chi connectivity index (χ2v) is 7.75. The minimum atomic E-state index is -1.11. The third-order valence-corrected chi connectivity index (χ3v) is 5.78. The van der Waals surface area contributed by atoms with E-state index < -0.39 is 23.7 Å². The molecule has 0 aromatic heterocycles. The maximum atomic E-state index is 14.5. The Morgan fingerprint density at radius 1 is 1.13 bits per heavy atom. The second kappa shape index (κ2) is 8.39. The second-order valence-electron chi connectivity index (χ2n) is 7.75. The fourth-order valence-corrected chi connectivity index (χ4v) is 4.17. The highest BCUT2D eigenvalue weighted by Gasteiger charge is 2.37. The highest BCUT2D eigenvalue weighted by Crippen LogP contribution is 2.31. The van der Waals surface area contributed by atoms with E-state index in [9.17, 15) is 23.5 Å². The van der Waals surface area contributed by atoms with Crippen LogP contribution in [0.5, 0.6) is 0 Å². The average molecular weight is 416 g/mol. The number of carbonyl (C=O) groups excluding carboxylic acids is 1. The van der Waals surface area contributed by atoms with Gasteiger partial charge in [-0.15, -0.1) is 0 Å². The maximum Gasteiger partial charge on any atom is 0.415 e. The van der Waals surface area contributed by atoms with Crippen molar-refractivity contribution in [1.29, 1.82) is 0 Å². The van der Waals surface area contributed by atoms with E-state index in [1.54, 1.807) is 12.1 Å². The first-order chi connectivity index (χ1) is 14.4. The number of amides is 1. The Hall–Kier alpha value is -3.00. The molecule has 30 heavy (non-hydrogen) atoms. The van der Waals surface area contributed by atoms with Crippen molar-refractivity contribution in [2.24, 2.45) is 5.92 Å². The normalized spacial score (nSPS) is 22.5. The highest BCUT2D eigenvalue weighted by molar-refractivity contribution is 5.89. The predicted molar refractivity (Wildman–Crippen MR) is 105 cm³/mol. The Balaban J connectivity index is 1.60. The molecule has 3 heterocycles. The van der Waals surface area contributed by atoms with Crippen molar-refractivity contribution >= 4 is 17.7 Å². The summed E-state index contributed by atoms with van der Waals surface area (Å²) in [4.78, 5) is 27.6.